The standard InChI is InChI=1S/C14H11Cl2N5/c15-10-6-11(16)8-12(7-10)17-9-14-18-19-20-21(14)13-4-2-1-3-5-13/h1-8,17H,9H2. The summed E-state index contributed by atoms with van der Waals surface area (Å²) in [5, 5.41) is 16.1. The maximum absolute atomic E-state index is 5.97. The lowest BCUT2D eigenvalue weighted by molar-refractivity contribution is 0.768. The van der Waals surface area contributed by atoms with Crippen LogP contribution in [0.3, 0.4) is 0 Å². The van der Waals surface area contributed by atoms with E-state index in [0.717, 1.165) is 11.4 Å². The van der Waals surface area contributed by atoms with Crippen LogP contribution < -0.4 is 5.32 Å². The summed E-state index contributed by atoms with van der Waals surface area (Å²) in [5.41, 5.74) is 1.72. The Labute approximate surface area is 131 Å². The summed E-state index contributed by atoms with van der Waals surface area (Å²) in [7, 11) is 0. The Kier molecular flexibility index (Phi) is 4.03. The molecule has 0 aliphatic rings. The molecule has 106 valence electrons. The third-order valence-electron chi connectivity index (χ3n) is 2.85. The smallest absolute Gasteiger partial charge is 0.175 e. The van der Waals surface area contributed by atoms with Crippen LogP contribution in [0.2, 0.25) is 10.0 Å². The molecule has 0 unspecified atom stereocenters. The second-order valence-electron chi connectivity index (χ2n) is 4.35. The van der Waals surface area contributed by atoms with Crippen LogP contribution in [0.5, 0.6) is 0 Å². The summed E-state index contributed by atoms with van der Waals surface area (Å²) in [5.74, 6) is 0.692. The number of nitrogens with one attached hydrogen (secondary N) is 1. The molecule has 0 bridgehead atoms. The number of halogens is 2. The molecule has 21 heavy (non-hydrogen) atoms. The van der Waals surface area contributed by atoms with Crippen molar-refractivity contribution < 1.29 is 0 Å². The highest BCUT2D eigenvalue weighted by molar-refractivity contribution is 6.35. The Morgan fingerprint density at radius 3 is 2.43 bits per heavy atom. The van der Waals surface area contributed by atoms with Crippen molar-refractivity contribution in [3.8, 4) is 5.69 Å². The number of para-hydroxylation sites is 1. The highest BCUT2D eigenvalue weighted by Gasteiger charge is 2.08. The highest BCUT2D eigenvalue weighted by Crippen LogP contribution is 2.22. The van der Waals surface area contributed by atoms with Crippen molar-refractivity contribution >= 4 is 28.9 Å². The van der Waals surface area contributed by atoms with Crippen LogP contribution in [0.4, 0.5) is 5.69 Å². The molecule has 0 amide bonds. The molecule has 0 aliphatic carbocycles. The lowest BCUT2D eigenvalue weighted by atomic mass is 10.3. The summed E-state index contributed by atoms with van der Waals surface area (Å²) >= 11 is 11.9. The number of nitrogens with zero attached hydrogens (tertiary/aromatic N) is 4. The van der Waals surface area contributed by atoms with Gasteiger partial charge in [-0.2, -0.15) is 4.68 Å². The summed E-state index contributed by atoms with van der Waals surface area (Å²) < 4.78 is 1.68. The van der Waals surface area contributed by atoms with Gasteiger partial charge in [0.05, 0.1) is 12.2 Å². The predicted molar refractivity (Wildman–Crippen MR) is 82.9 cm³/mol. The van der Waals surface area contributed by atoms with E-state index < -0.39 is 0 Å². The van der Waals surface area contributed by atoms with Gasteiger partial charge >= 0.3 is 0 Å². The Hall–Kier alpha value is -2.11. The summed E-state index contributed by atoms with van der Waals surface area (Å²) in [6.45, 7) is 0.457. The molecule has 1 aromatic heterocycles. The van der Waals surface area contributed by atoms with E-state index in [0.29, 0.717) is 22.4 Å². The van der Waals surface area contributed by atoms with Crippen molar-refractivity contribution in [2.45, 2.75) is 6.54 Å². The molecular formula is C14H11Cl2N5. The molecule has 3 rings (SSSR count). The van der Waals surface area contributed by atoms with Crippen molar-refractivity contribution in [2.24, 2.45) is 0 Å². The molecule has 1 N–H and O–H groups in total. The van der Waals surface area contributed by atoms with Crippen LogP contribution in [0.15, 0.2) is 48.5 Å². The van der Waals surface area contributed by atoms with Gasteiger partial charge in [-0.05, 0) is 40.8 Å². The van der Waals surface area contributed by atoms with Crippen molar-refractivity contribution in [2.75, 3.05) is 5.32 Å². The van der Waals surface area contributed by atoms with Crippen molar-refractivity contribution in [1.82, 2.24) is 20.2 Å². The monoisotopic (exact) mass is 319 g/mol. The minimum absolute atomic E-state index is 0.457. The fraction of sp³-hybridized carbons (Fsp3) is 0.0714. The average molecular weight is 320 g/mol. The van der Waals surface area contributed by atoms with Gasteiger partial charge in [0.15, 0.2) is 5.82 Å². The SMILES string of the molecule is Clc1cc(Cl)cc(NCc2nnnn2-c2ccccc2)c1. The number of benzene rings is 2. The molecule has 7 heteroatoms. The molecule has 0 saturated heterocycles. The predicted octanol–water partition coefficient (Wildman–Crippen LogP) is 3.58. The Bertz CT molecular complexity index is 722. The molecular weight excluding hydrogens is 309 g/mol. The number of tetrazole rings is 1. The quantitative estimate of drug-likeness (QED) is 0.798. The van der Waals surface area contributed by atoms with Crippen LogP contribution in [0.1, 0.15) is 5.82 Å². The van der Waals surface area contributed by atoms with Crippen LogP contribution in [-0.2, 0) is 6.54 Å². The maximum Gasteiger partial charge on any atom is 0.175 e. The van der Waals surface area contributed by atoms with Gasteiger partial charge in [0.1, 0.15) is 0 Å². The van der Waals surface area contributed by atoms with Crippen molar-refractivity contribution in [3.05, 3.63) is 64.4 Å². The highest BCUT2D eigenvalue weighted by atomic mass is 35.5. The Morgan fingerprint density at radius 1 is 1.00 bits per heavy atom. The van der Waals surface area contributed by atoms with Gasteiger partial charge in [0.2, 0.25) is 0 Å². The number of hydrogen-bond donors (Lipinski definition) is 1. The van der Waals surface area contributed by atoms with Gasteiger partial charge in [0, 0.05) is 15.7 Å². The zero-order valence-electron chi connectivity index (χ0n) is 10.9. The fourth-order valence-corrected chi connectivity index (χ4v) is 2.45. The maximum atomic E-state index is 5.97. The lowest BCUT2D eigenvalue weighted by Crippen LogP contribution is -2.08. The first kappa shape index (κ1) is 13.9. The largest absolute Gasteiger partial charge is 0.378 e. The fourth-order valence-electron chi connectivity index (χ4n) is 1.92. The zero-order chi connectivity index (χ0) is 14.7. The van der Waals surface area contributed by atoms with E-state index in [1.54, 1.807) is 22.9 Å². The molecule has 2 aromatic carbocycles. The number of rotatable bonds is 4. The van der Waals surface area contributed by atoms with Gasteiger partial charge < -0.3 is 5.32 Å². The first-order chi connectivity index (χ1) is 10.2. The van der Waals surface area contributed by atoms with Crippen molar-refractivity contribution in [3.63, 3.8) is 0 Å². The van der Waals surface area contributed by atoms with Crippen LogP contribution in [-0.4, -0.2) is 20.2 Å². The third kappa shape index (κ3) is 3.32. The molecule has 1 heterocycles. The number of anilines is 1. The van der Waals surface area contributed by atoms with Gasteiger partial charge in [-0.15, -0.1) is 5.10 Å². The molecule has 0 spiro atoms. The normalized spacial score (nSPS) is 10.6. The first-order valence-electron chi connectivity index (χ1n) is 6.25. The van der Waals surface area contributed by atoms with Crippen LogP contribution in [0, 0.1) is 0 Å². The minimum atomic E-state index is 0.457. The van der Waals surface area contributed by atoms with E-state index in [-0.39, 0.29) is 0 Å². The molecule has 0 fully saturated rings. The molecule has 5 nitrogen and oxygen atoms in total. The average Bonchev–Trinajstić information content (AvgIpc) is 2.93. The van der Waals surface area contributed by atoms with E-state index in [1.165, 1.54) is 0 Å². The minimum Gasteiger partial charge on any atom is -0.378 e. The molecule has 3 aromatic rings. The van der Waals surface area contributed by atoms with Gasteiger partial charge in [0.25, 0.3) is 0 Å². The summed E-state index contributed by atoms with van der Waals surface area (Å²) in [4.78, 5) is 0. The number of aromatic nitrogens is 4. The second kappa shape index (κ2) is 6.11. The van der Waals surface area contributed by atoms with Crippen molar-refractivity contribution in [1.29, 1.82) is 0 Å². The van der Waals surface area contributed by atoms with E-state index in [1.807, 2.05) is 30.3 Å². The van der Waals surface area contributed by atoms with E-state index in [9.17, 15) is 0 Å². The van der Waals surface area contributed by atoms with Gasteiger partial charge in [-0.1, -0.05) is 41.4 Å². The van der Waals surface area contributed by atoms with Crippen LogP contribution >= 0.6 is 23.2 Å². The third-order valence-corrected chi connectivity index (χ3v) is 3.28. The lowest BCUT2D eigenvalue weighted by Gasteiger charge is -2.08. The van der Waals surface area contributed by atoms with Gasteiger partial charge in [-0.3, -0.25) is 0 Å². The Balaban J connectivity index is 1.79. The molecule has 0 saturated carbocycles. The first-order valence-corrected chi connectivity index (χ1v) is 7.00. The Morgan fingerprint density at radius 2 is 1.71 bits per heavy atom. The molecule has 0 radical (unpaired) electrons. The second-order valence-corrected chi connectivity index (χ2v) is 5.23. The molecule has 0 aliphatic heterocycles. The summed E-state index contributed by atoms with van der Waals surface area (Å²) in [6.07, 6.45) is 0. The van der Waals surface area contributed by atoms with Crippen LogP contribution in [0.25, 0.3) is 5.69 Å². The zero-order valence-corrected chi connectivity index (χ0v) is 12.4. The van der Waals surface area contributed by atoms with E-state index >= 15 is 0 Å². The molecule has 0 atom stereocenters. The summed E-state index contributed by atoms with van der Waals surface area (Å²) in [6, 6.07) is 15.0. The topological polar surface area (TPSA) is 55.6 Å². The van der Waals surface area contributed by atoms with E-state index in [4.69, 9.17) is 23.2 Å². The van der Waals surface area contributed by atoms with E-state index in [2.05, 4.69) is 20.8 Å². The van der Waals surface area contributed by atoms with Gasteiger partial charge in [-0.25, -0.2) is 0 Å². The number of hydrogen-bond acceptors (Lipinski definition) is 4.